The molecule has 1 aliphatic rings. The highest BCUT2D eigenvalue weighted by Gasteiger charge is 2.27. The summed E-state index contributed by atoms with van der Waals surface area (Å²) < 4.78 is 5.40. The van der Waals surface area contributed by atoms with Crippen molar-refractivity contribution >= 4 is 6.09 Å². The van der Waals surface area contributed by atoms with Gasteiger partial charge < -0.3 is 14.7 Å². The molecule has 0 aliphatic carbocycles. The van der Waals surface area contributed by atoms with Crippen molar-refractivity contribution in [3.05, 3.63) is 0 Å². The fourth-order valence-electron chi connectivity index (χ4n) is 2.34. The number of unbranched alkanes of at least 4 members (excludes halogenated alkanes) is 1. The summed E-state index contributed by atoms with van der Waals surface area (Å²) in [5, 5.41) is 8.78. The van der Waals surface area contributed by atoms with Gasteiger partial charge in [-0.3, -0.25) is 0 Å². The maximum atomic E-state index is 12.0. The topological polar surface area (TPSA) is 49.8 Å². The Kier molecular flexibility index (Phi) is 5.93. The Morgan fingerprint density at radius 1 is 1.39 bits per heavy atom. The van der Waals surface area contributed by atoms with Crippen molar-refractivity contribution in [3.63, 3.8) is 0 Å². The molecule has 0 aromatic carbocycles. The number of aliphatic hydroxyl groups is 1. The van der Waals surface area contributed by atoms with E-state index in [-0.39, 0.29) is 12.7 Å². The second-order valence-corrected chi connectivity index (χ2v) is 6.15. The molecule has 1 rings (SSSR count). The van der Waals surface area contributed by atoms with Crippen LogP contribution in [-0.2, 0) is 4.74 Å². The Bertz CT molecular complexity index is 260. The first kappa shape index (κ1) is 15.3. The van der Waals surface area contributed by atoms with E-state index >= 15 is 0 Å². The van der Waals surface area contributed by atoms with Gasteiger partial charge >= 0.3 is 6.09 Å². The average Bonchev–Trinajstić information content (AvgIpc) is 2.27. The third-order valence-electron chi connectivity index (χ3n) is 3.19. The zero-order valence-corrected chi connectivity index (χ0v) is 11.9. The lowest BCUT2D eigenvalue weighted by atomic mass is 9.93. The number of hydrogen-bond donors (Lipinski definition) is 1. The largest absolute Gasteiger partial charge is 0.444 e. The predicted octanol–water partition coefficient (Wildman–Crippen LogP) is 2.80. The first-order valence-corrected chi connectivity index (χ1v) is 7.01. The van der Waals surface area contributed by atoms with Gasteiger partial charge in [-0.05, 0) is 52.4 Å². The number of rotatable bonds is 4. The third kappa shape index (κ3) is 5.71. The SMILES string of the molecule is CC(C)(C)OC(=O)N1CCCC(CCCCO)C1. The van der Waals surface area contributed by atoms with Gasteiger partial charge in [0.15, 0.2) is 0 Å². The molecule has 1 amide bonds. The normalized spacial score (nSPS) is 20.9. The van der Waals surface area contributed by atoms with Gasteiger partial charge in [0, 0.05) is 19.7 Å². The van der Waals surface area contributed by atoms with Gasteiger partial charge in [0.1, 0.15) is 5.60 Å². The summed E-state index contributed by atoms with van der Waals surface area (Å²) in [6.45, 7) is 7.57. The van der Waals surface area contributed by atoms with Crippen molar-refractivity contribution in [2.75, 3.05) is 19.7 Å². The second-order valence-electron chi connectivity index (χ2n) is 6.15. The van der Waals surface area contributed by atoms with Crippen LogP contribution in [0.4, 0.5) is 4.79 Å². The molecule has 0 bridgehead atoms. The third-order valence-corrected chi connectivity index (χ3v) is 3.19. The highest BCUT2D eigenvalue weighted by Crippen LogP contribution is 2.23. The van der Waals surface area contributed by atoms with Crippen molar-refractivity contribution in [2.24, 2.45) is 5.92 Å². The van der Waals surface area contributed by atoms with E-state index in [1.165, 1.54) is 6.42 Å². The van der Waals surface area contributed by atoms with Gasteiger partial charge in [-0.1, -0.05) is 6.42 Å². The predicted molar refractivity (Wildman–Crippen MR) is 71.5 cm³/mol. The van der Waals surface area contributed by atoms with Crippen LogP contribution in [0.15, 0.2) is 0 Å². The lowest BCUT2D eigenvalue weighted by Gasteiger charge is -2.34. The first-order chi connectivity index (χ1) is 8.42. The van der Waals surface area contributed by atoms with Crippen LogP contribution in [-0.4, -0.2) is 41.4 Å². The summed E-state index contributed by atoms with van der Waals surface area (Å²) in [5.74, 6) is 0.567. The highest BCUT2D eigenvalue weighted by molar-refractivity contribution is 5.68. The molecule has 1 atom stereocenters. The van der Waals surface area contributed by atoms with E-state index < -0.39 is 5.60 Å². The molecule has 1 fully saturated rings. The number of hydrogen-bond acceptors (Lipinski definition) is 3. The van der Waals surface area contributed by atoms with Crippen molar-refractivity contribution in [1.82, 2.24) is 4.90 Å². The van der Waals surface area contributed by atoms with E-state index in [2.05, 4.69) is 0 Å². The van der Waals surface area contributed by atoms with Gasteiger partial charge in [0.2, 0.25) is 0 Å². The first-order valence-electron chi connectivity index (χ1n) is 7.01. The highest BCUT2D eigenvalue weighted by atomic mass is 16.6. The van der Waals surface area contributed by atoms with Gasteiger partial charge in [-0.25, -0.2) is 4.79 Å². The molecule has 1 N–H and O–H groups in total. The summed E-state index contributed by atoms with van der Waals surface area (Å²) in [6.07, 6.45) is 5.06. The van der Waals surface area contributed by atoms with Gasteiger partial charge in [-0.15, -0.1) is 0 Å². The number of nitrogens with zero attached hydrogens (tertiary/aromatic N) is 1. The number of aliphatic hydroxyl groups excluding tert-OH is 1. The quantitative estimate of drug-likeness (QED) is 0.788. The van der Waals surface area contributed by atoms with E-state index in [4.69, 9.17) is 9.84 Å². The van der Waals surface area contributed by atoms with E-state index in [1.807, 2.05) is 25.7 Å². The summed E-state index contributed by atoms with van der Waals surface area (Å²) >= 11 is 0. The van der Waals surface area contributed by atoms with Crippen molar-refractivity contribution in [1.29, 1.82) is 0 Å². The standard InChI is InChI=1S/C14H27NO3/c1-14(2,3)18-13(17)15-9-6-8-12(11-15)7-4-5-10-16/h12,16H,4-11H2,1-3H3. The fraction of sp³-hybridized carbons (Fsp3) is 0.929. The molecule has 4 nitrogen and oxygen atoms in total. The Morgan fingerprint density at radius 3 is 2.72 bits per heavy atom. The van der Waals surface area contributed by atoms with E-state index in [9.17, 15) is 4.79 Å². The van der Waals surface area contributed by atoms with Crippen LogP contribution in [0.3, 0.4) is 0 Å². The molecular weight excluding hydrogens is 230 g/mol. The lowest BCUT2D eigenvalue weighted by molar-refractivity contribution is 0.0160. The molecule has 0 saturated carbocycles. The van der Waals surface area contributed by atoms with E-state index in [1.54, 1.807) is 0 Å². The van der Waals surface area contributed by atoms with E-state index in [0.29, 0.717) is 5.92 Å². The maximum Gasteiger partial charge on any atom is 0.410 e. The Labute approximate surface area is 110 Å². The molecule has 0 spiro atoms. The number of likely N-dealkylation sites (tertiary alicyclic amines) is 1. The van der Waals surface area contributed by atoms with Crippen LogP contribution in [0.2, 0.25) is 0 Å². The number of carbonyl (C=O) groups excluding carboxylic acids is 1. The second kappa shape index (κ2) is 6.98. The molecule has 106 valence electrons. The van der Waals surface area contributed by atoms with Crippen LogP contribution in [0, 0.1) is 5.92 Å². The van der Waals surface area contributed by atoms with Gasteiger partial charge in [0.25, 0.3) is 0 Å². The van der Waals surface area contributed by atoms with Gasteiger partial charge in [-0.2, -0.15) is 0 Å². The molecular formula is C14H27NO3. The monoisotopic (exact) mass is 257 g/mol. The summed E-state index contributed by atoms with van der Waals surface area (Å²) in [5.41, 5.74) is -0.416. The number of carbonyl (C=O) groups is 1. The molecule has 0 radical (unpaired) electrons. The minimum absolute atomic E-state index is 0.186. The average molecular weight is 257 g/mol. The minimum atomic E-state index is -0.416. The van der Waals surface area contributed by atoms with Crippen LogP contribution in [0.5, 0.6) is 0 Å². The van der Waals surface area contributed by atoms with E-state index in [0.717, 1.165) is 38.8 Å². The minimum Gasteiger partial charge on any atom is -0.444 e. The number of piperidine rings is 1. The van der Waals surface area contributed by atoms with Crippen molar-refractivity contribution in [2.45, 2.75) is 58.5 Å². The Hall–Kier alpha value is -0.770. The molecule has 18 heavy (non-hydrogen) atoms. The molecule has 1 aliphatic heterocycles. The zero-order valence-electron chi connectivity index (χ0n) is 11.9. The van der Waals surface area contributed by atoms with Crippen LogP contribution in [0.1, 0.15) is 52.9 Å². The smallest absolute Gasteiger partial charge is 0.410 e. The molecule has 0 aromatic rings. The van der Waals surface area contributed by atoms with Crippen LogP contribution in [0.25, 0.3) is 0 Å². The van der Waals surface area contributed by atoms with Crippen LogP contribution < -0.4 is 0 Å². The fourth-order valence-corrected chi connectivity index (χ4v) is 2.34. The van der Waals surface area contributed by atoms with Crippen molar-refractivity contribution in [3.8, 4) is 0 Å². The van der Waals surface area contributed by atoms with Gasteiger partial charge in [0.05, 0.1) is 0 Å². The molecule has 1 unspecified atom stereocenters. The molecule has 4 heteroatoms. The number of amides is 1. The van der Waals surface area contributed by atoms with Crippen LogP contribution >= 0.6 is 0 Å². The molecule has 1 heterocycles. The summed E-state index contributed by atoms with van der Waals surface area (Å²) in [6, 6.07) is 0. The zero-order chi connectivity index (χ0) is 13.6. The number of ether oxygens (including phenoxy) is 1. The lowest BCUT2D eigenvalue weighted by Crippen LogP contribution is -2.42. The summed E-state index contributed by atoms with van der Waals surface area (Å²) in [4.78, 5) is 13.8. The molecule has 0 aromatic heterocycles. The maximum absolute atomic E-state index is 12.0. The Morgan fingerprint density at radius 2 is 2.11 bits per heavy atom. The van der Waals surface area contributed by atoms with Crippen molar-refractivity contribution < 1.29 is 14.6 Å². The molecule has 1 saturated heterocycles. The summed E-state index contributed by atoms with van der Waals surface area (Å²) in [7, 11) is 0. The Balaban J connectivity index is 2.36.